The van der Waals surface area contributed by atoms with E-state index in [-0.39, 0.29) is 0 Å². The van der Waals surface area contributed by atoms with E-state index in [0.29, 0.717) is 18.1 Å². The molecule has 0 radical (unpaired) electrons. The summed E-state index contributed by atoms with van der Waals surface area (Å²) >= 11 is 0. The van der Waals surface area contributed by atoms with Crippen molar-refractivity contribution in [3.63, 3.8) is 0 Å². The van der Waals surface area contributed by atoms with Crippen LogP contribution in [-0.4, -0.2) is 31.8 Å². The molecule has 3 heteroatoms. The van der Waals surface area contributed by atoms with Gasteiger partial charge >= 0.3 is 0 Å². The SMILES string of the molecule is NCC1CCCCC1NCC1CCCO1. The molecule has 1 saturated heterocycles. The van der Waals surface area contributed by atoms with Gasteiger partial charge in [-0.1, -0.05) is 12.8 Å². The van der Waals surface area contributed by atoms with Gasteiger partial charge in [-0.3, -0.25) is 0 Å². The lowest BCUT2D eigenvalue weighted by Crippen LogP contribution is -2.44. The molecule has 88 valence electrons. The van der Waals surface area contributed by atoms with Crippen molar-refractivity contribution < 1.29 is 4.74 Å². The number of hydrogen-bond acceptors (Lipinski definition) is 3. The van der Waals surface area contributed by atoms with Crippen LogP contribution in [0.15, 0.2) is 0 Å². The number of hydrogen-bond donors (Lipinski definition) is 2. The Kier molecular flexibility index (Phi) is 4.42. The summed E-state index contributed by atoms with van der Waals surface area (Å²) in [5, 5.41) is 3.66. The molecule has 1 saturated carbocycles. The Morgan fingerprint density at radius 2 is 2.00 bits per heavy atom. The van der Waals surface area contributed by atoms with Crippen molar-refractivity contribution >= 4 is 0 Å². The maximum atomic E-state index is 5.81. The first-order valence-corrected chi connectivity index (χ1v) is 6.45. The van der Waals surface area contributed by atoms with Crippen LogP contribution < -0.4 is 11.1 Å². The molecule has 1 aliphatic carbocycles. The van der Waals surface area contributed by atoms with Gasteiger partial charge in [-0.15, -0.1) is 0 Å². The van der Waals surface area contributed by atoms with Gasteiger partial charge in [0.2, 0.25) is 0 Å². The molecule has 1 heterocycles. The third-order valence-corrected chi connectivity index (χ3v) is 3.84. The summed E-state index contributed by atoms with van der Waals surface area (Å²) in [5.41, 5.74) is 5.81. The van der Waals surface area contributed by atoms with Gasteiger partial charge in [-0.2, -0.15) is 0 Å². The molecule has 3 atom stereocenters. The second-order valence-corrected chi connectivity index (χ2v) is 4.93. The Hall–Kier alpha value is -0.120. The topological polar surface area (TPSA) is 47.3 Å². The van der Waals surface area contributed by atoms with Crippen LogP contribution in [0.3, 0.4) is 0 Å². The van der Waals surface area contributed by atoms with Gasteiger partial charge in [0.25, 0.3) is 0 Å². The monoisotopic (exact) mass is 212 g/mol. The highest BCUT2D eigenvalue weighted by atomic mass is 16.5. The molecule has 1 aliphatic heterocycles. The second kappa shape index (κ2) is 5.83. The van der Waals surface area contributed by atoms with E-state index in [0.717, 1.165) is 19.7 Å². The summed E-state index contributed by atoms with van der Waals surface area (Å²) in [5.74, 6) is 0.695. The van der Waals surface area contributed by atoms with Crippen LogP contribution in [0.4, 0.5) is 0 Å². The van der Waals surface area contributed by atoms with Gasteiger partial charge < -0.3 is 15.8 Å². The zero-order valence-electron chi connectivity index (χ0n) is 9.58. The van der Waals surface area contributed by atoms with E-state index in [1.165, 1.54) is 38.5 Å². The summed E-state index contributed by atoms with van der Waals surface area (Å²) < 4.78 is 5.62. The first-order valence-electron chi connectivity index (χ1n) is 6.45. The molecule has 3 N–H and O–H groups in total. The third kappa shape index (κ3) is 3.16. The van der Waals surface area contributed by atoms with Crippen molar-refractivity contribution in [3.8, 4) is 0 Å². The molecule has 2 aliphatic rings. The first-order chi connectivity index (χ1) is 7.40. The van der Waals surface area contributed by atoms with E-state index in [2.05, 4.69) is 5.32 Å². The molecule has 0 amide bonds. The quantitative estimate of drug-likeness (QED) is 0.738. The predicted molar refractivity (Wildman–Crippen MR) is 61.8 cm³/mol. The van der Waals surface area contributed by atoms with Gasteiger partial charge in [0, 0.05) is 19.2 Å². The van der Waals surface area contributed by atoms with Gasteiger partial charge in [0.05, 0.1) is 6.10 Å². The molecular weight excluding hydrogens is 188 g/mol. The van der Waals surface area contributed by atoms with Crippen LogP contribution >= 0.6 is 0 Å². The normalized spacial score (nSPS) is 37.0. The summed E-state index contributed by atoms with van der Waals surface area (Å²) in [4.78, 5) is 0. The molecular formula is C12H24N2O. The first kappa shape index (κ1) is 11.4. The minimum Gasteiger partial charge on any atom is -0.377 e. The average molecular weight is 212 g/mol. The van der Waals surface area contributed by atoms with Crippen molar-refractivity contribution in [2.45, 2.75) is 50.7 Å². The zero-order chi connectivity index (χ0) is 10.5. The highest BCUT2D eigenvalue weighted by Crippen LogP contribution is 2.23. The van der Waals surface area contributed by atoms with Gasteiger partial charge in [0.15, 0.2) is 0 Å². The number of nitrogens with one attached hydrogen (secondary N) is 1. The van der Waals surface area contributed by atoms with Crippen LogP contribution in [0.5, 0.6) is 0 Å². The largest absolute Gasteiger partial charge is 0.377 e. The fourth-order valence-corrected chi connectivity index (χ4v) is 2.85. The smallest absolute Gasteiger partial charge is 0.0700 e. The molecule has 0 bridgehead atoms. The molecule has 0 spiro atoms. The van der Waals surface area contributed by atoms with Crippen LogP contribution in [0, 0.1) is 5.92 Å². The highest BCUT2D eigenvalue weighted by molar-refractivity contribution is 4.82. The maximum Gasteiger partial charge on any atom is 0.0700 e. The minimum atomic E-state index is 0.463. The van der Waals surface area contributed by atoms with E-state index in [4.69, 9.17) is 10.5 Å². The fourth-order valence-electron chi connectivity index (χ4n) is 2.85. The predicted octanol–water partition coefficient (Wildman–Crippen LogP) is 1.27. The number of nitrogens with two attached hydrogens (primary N) is 1. The molecule has 0 aromatic carbocycles. The van der Waals surface area contributed by atoms with Crippen LogP contribution in [0.1, 0.15) is 38.5 Å². The summed E-state index contributed by atoms with van der Waals surface area (Å²) in [6.07, 6.45) is 8.25. The van der Waals surface area contributed by atoms with Crippen LogP contribution in [-0.2, 0) is 4.74 Å². The Balaban J connectivity index is 1.71. The summed E-state index contributed by atoms with van der Waals surface area (Å²) in [6.45, 7) is 2.82. The fraction of sp³-hybridized carbons (Fsp3) is 1.00. The lowest BCUT2D eigenvalue weighted by Gasteiger charge is -2.32. The van der Waals surface area contributed by atoms with Crippen molar-refractivity contribution in [1.29, 1.82) is 0 Å². The second-order valence-electron chi connectivity index (χ2n) is 4.93. The lowest BCUT2D eigenvalue weighted by molar-refractivity contribution is 0.102. The van der Waals surface area contributed by atoms with E-state index in [1.54, 1.807) is 0 Å². The van der Waals surface area contributed by atoms with E-state index in [1.807, 2.05) is 0 Å². The summed E-state index contributed by atoms with van der Waals surface area (Å²) in [6, 6.07) is 0.646. The number of rotatable bonds is 4. The van der Waals surface area contributed by atoms with Crippen molar-refractivity contribution in [2.75, 3.05) is 19.7 Å². The minimum absolute atomic E-state index is 0.463. The van der Waals surface area contributed by atoms with E-state index >= 15 is 0 Å². The molecule has 3 nitrogen and oxygen atoms in total. The van der Waals surface area contributed by atoms with Crippen molar-refractivity contribution in [3.05, 3.63) is 0 Å². The van der Waals surface area contributed by atoms with Gasteiger partial charge in [-0.25, -0.2) is 0 Å². The average Bonchev–Trinajstić information content (AvgIpc) is 2.79. The Labute approximate surface area is 92.7 Å². The maximum absolute atomic E-state index is 5.81. The molecule has 3 unspecified atom stereocenters. The Bertz CT molecular complexity index is 180. The third-order valence-electron chi connectivity index (χ3n) is 3.84. The molecule has 0 aromatic rings. The van der Waals surface area contributed by atoms with Crippen LogP contribution in [0.2, 0.25) is 0 Å². The molecule has 2 rings (SSSR count). The standard InChI is InChI=1S/C12H24N2O/c13-8-10-4-1-2-6-12(10)14-9-11-5-3-7-15-11/h10-12,14H,1-9,13H2. The van der Waals surface area contributed by atoms with Crippen molar-refractivity contribution in [1.82, 2.24) is 5.32 Å². The highest BCUT2D eigenvalue weighted by Gasteiger charge is 2.25. The van der Waals surface area contributed by atoms with E-state index < -0.39 is 0 Å². The summed E-state index contributed by atoms with van der Waals surface area (Å²) in [7, 11) is 0. The Morgan fingerprint density at radius 3 is 2.73 bits per heavy atom. The molecule has 0 aromatic heterocycles. The molecule has 2 fully saturated rings. The number of ether oxygens (including phenoxy) is 1. The lowest BCUT2D eigenvalue weighted by atomic mass is 9.84. The zero-order valence-corrected chi connectivity index (χ0v) is 9.58. The van der Waals surface area contributed by atoms with Crippen LogP contribution in [0.25, 0.3) is 0 Å². The van der Waals surface area contributed by atoms with Gasteiger partial charge in [0.1, 0.15) is 0 Å². The van der Waals surface area contributed by atoms with Crippen molar-refractivity contribution in [2.24, 2.45) is 11.7 Å². The van der Waals surface area contributed by atoms with E-state index in [9.17, 15) is 0 Å². The Morgan fingerprint density at radius 1 is 1.13 bits per heavy atom. The molecule has 15 heavy (non-hydrogen) atoms. The van der Waals surface area contributed by atoms with Gasteiger partial charge in [-0.05, 0) is 38.1 Å².